The van der Waals surface area contributed by atoms with Crippen molar-refractivity contribution >= 4 is 11.8 Å². The fraction of sp³-hybridized carbons (Fsp3) is 0.786. The summed E-state index contributed by atoms with van der Waals surface area (Å²) in [6, 6.07) is 0. The molecule has 0 radical (unpaired) electrons. The molecule has 3 rings (SSSR count). The van der Waals surface area contributed by atoms with Gasteiger partial charge in [0.2, 0.25) is 5.95 Å². The molecule has 0 aromatic carbocycles. The Labute approximate surface area is 115 Å². The van der Waals surface area contributed by atoms with Gasteiger partial charge in [-0.3, -0.25) is 0 Å². The van der Waals surface area contributed by atoms with Crippen molar-refractivity contribution in [3.63, 3.8) is 0 Å². The minimum absolute atomic E-state index is 0.821. The number of piperidine rings is 1. The summed E-state index contributed by atoms with van der Waals surface area (Å²) in [6.07, 6.45) is 10.9. The molecule has 19 heavy (non-hydrogen) atoms. The predicted octanol–water partition coefficient (Wildman–Crippen LogP) is 2.24. The highest BCUT2D eigenvalue weighted by molar-refractivity contribution is 5.41. The first-order valence-corrected chi connectivity index (χ1v) is 7.63. The molecule has 2 aliphatic rings. The quantitative estimate of drug-likeness (QED) is 0.817. The minimum atomic E-state index is 0.821. The van der Waals surface area contributed by atoms with Gasteiger partial charge >= 0.3 is 0 Å². The van der Waals surface area contributed by atoms with E-state index in [1.807, 2.05) is 6.20 Å². The maximum Gasteiger partial charge on any atom is 0.247 e. The monoisotopic (exact) mass is 261 g/mol. The largest absolute Gasteiger partial charge is 0.355 e. The lowest BCUT2D eigenvalue weighted by Gasteiger charge is -2.27. The third-order valence-corrected chi connectivity index (χ3v) is 4.10. The molecule has 5 heteroatoms. The Bertz CT molecular complexity index is 395. The molecule has 0 spiro atoms. The van der Waals surface area contributed by atoms with Crippen LogP contribution in [0.3, 0.4) is 0 Å². The highest BCUT2D eigenvalue weighted by atomic mass is 15.3. The lowest BCUT2D eigenvalue weighted by molar-refractivity contribution is 0.564. The highest BCUT2D eigenvalue weighted by Gasteiger charge is 2.17. The van der Waals surface area contributed by atoms with Crippen molar-refractivity contribution in [2.24, 2.45) is 0 Å². The molecule has 0 amide bonds. The Morgan fingerprint density at radius 2 is 1.32 bits per heavy atom. The van der Waals surface area contributed by atoms with Crippen LogP contribution in [0.5, 0.6) is 0 Å². The van der Waals surface area contributed by atoms with Gasteiger partial charge in [-0.25, -0.2) is 0 Å². The smallest absolute Gasteiger partial charge is 0.247 e. The molecular weight excluding hydrogens is 238 g/mol. The van der Waals surface area contributed by atoms with Gasteiger partial charge in [-0.1, -0.05) is 12.8 Å². The first-order valence-electron chi connectivity index (χ1n) is 7.63. The van der Waals surface area contributed by atoms with Crippen molar-refractivity contribution in [2.45, 2.75) is 44.9 Å². The second-order valence-corrected chi connectivity index (χ2v) is 5.56. The van der Waals surface area contributed by atoms with E-state index in [0.29, 0.717) is 0 Å². The van der Waals surface area contributed by atoms with Crippen LogP contribution >= 0.6 is 0 Å². The third kappa shape index (κ3) is 3.14. The van der Waals surface area contributed by atoms with E-state index >= 15 is 0 Å². The molecule has 5 nitrogen and oxygen atoms in total. The molecule has 2 saturated heterocycles. The Hall–Kier alpha value is -1.39. The lowest BCUT2D eigenvalue weighted by atomic mass is 10.1. The predicted molar refractivity (Wildman–Crippen MR) is 76.6 cm³/mol. The fourth-order valence-corrected chi connectivity index (χ4v) is 2.97. The molecule has 0 N–H and O–H groups in total. The second-order valence-electron chi connectivity index (χ2n) is 5.56. The number of hydrogen-bond acceptors (Lipinski definition) is 5. The van der Waals surface area contributed by atoms with E-state index in [9.17, 15) is 0 Å². The zero-order valence-electron chi connectivity index (χ0n) is 11.6. The summed E-state index contributed by atoms with van der Waals surface area (Å²) in [7, 11) is 0. The molecule has 1 aromatic rings. The number of hydrogen-bond donors (Lipinski definition) is 0. The Morgan fingerprint density at radius 1 is 0.737 bits per heavy atom. The first-order chi connectivity index (χ1) is 9.43. The summed E-state index contributed by atoms with van der Waals surface area (Å²) in [6.45, 7) is 4.37. The molecule has 0 aliphatic carbocycles. The van der Waals surface area contributed by atoms with Gasteiger partial charge in [0, 0.05) is 26.2 Å². The van der Waals surface area contributed by atoms with E-state index in [1.165, 1.54) is 44.9 Å². The van der Waals surface area contributed by atoms with Gasteiger partial charge in [-0.15, -0.1) is 5.10 Å². The summed E-state index contributed by atoms with van der Waals surface area (Å²) in [4.78, 5) is 9.39. The Morgan fingerprint density at radius 3 is 2.00 bits per heavy atom. The van der Waals surface area contributed by atoms with Crippen LogP contribution < -0.4 is 9.80 Å². The Kier molecular flexibility index (Phi) is 4.10. The third-order valence-electron chi connectivity index (χ3n) is 4.10. The SMILES string of the molecule is c1nnc(N2CCCCC2)nc1N1CCCCCC1. The summed E-state index contributed by atoms with van der Waals surface area (Å²) in [5.74, 6) is 1.83. The van der Waals surface area contributed by atoms with E-state index in [-0.39, 0.29) is 0 Å². The molecule has 0 atom stereocenters. The molecule has 104 valence electrons. The van der Waals surface area contributed by atoms with Crippen molar-refractivity contribution in [1.82, 2.24) is 15.2 Å². The standard InChI is InChI=1S/C14H23N5/c1-2-5-9-18(8-4-1)13-12-15-17-14(16-13)19-10-6-3-7-11-19/h12H,1-11H2. The summed E-state index contributed by atoms with van der Waals surface area (Å²) < 4.78 is 0. The number of nitrogens with zero attached hydrogens (tertiary/aromatic N) is 5. The number of anilines is 2. The van der Waals surface area contributed by atoms with Crippen LogP contribution in [-0.4, -0.2) is 41.4 Å². The van der Waals surface area contributed by atoms with Crippen LogP contribution in [0.25, 0.3) is 0 Å². The molecule has 0 bridgehead atoms. The lowest BCUT2D eigenvalue weighted by Crippen LogP contribution is -2.32. The zero-order valence-corrected chi connectivity index (χ0v) is 11.6. The maximum atomic E-state index is 4.74. The average Bonchev–Trinajstić information content (AvgIpc) is 2.77. The first kappa shape index (κ1) is 12.6. The van der Waals surface area contributed by atoms with E-state index < -0.39 is 0 Å². The van der Waals surface area contributed by atoms with Gasteiger partial charge in [0.1, 0.15) is 0 Å². The van der Waals surface area contributed by atoms with Crippen molar-refractivity contribution in [3.05, 3.63) is 6.20 Å². The van der Waals surface area contributed by atoms with Crippen molar-refractivity contribution in [3.8, 4) is 0 Å². The van der Waals surface area contributed by atoms with Crippen LogP contribution in [0.4, 0.5) is 11.8 Å². The Balaban J connectivity index is 1.74. The second kappa shape index (κ2) is 6.17. The van der Waals surface area contributed by atoms with E-state index in [2.05, 4.69) is 20.0 Å². The van der Waals surface area contributed by atoms with Gasteiger partial charge in [-0.2, -0.15) is 10.1 Å². The topological polar surface area (TPSA) is 45.2 Å². The van der Waals surface area contributed by atoms with Crippen LogP contribution in [-0.2, 0) is 0 Å². The van der Waals surface area contributed by atoms with Crippen LogP contribution in [0, 0.1) is 0 Å². The fourth-order valence-electron chi connectivity index (χ4n) is 2.97. The molecule has 0 saturated carbocycles. The van der Waals surface area contributed by atoms with Crippen molar-refractivity contribution in [2.75, 3.05) is 36.0 Å². The van der Waals surface area contributed by atoms with Gasteiger partial charge in [0.05, 0.1) is 6.20 Å². The van der Waals surface area contributed by atoms with Gasteiger partial charge < -0.3 is 9.80 Å². The maximum absolute atomic E-state index is 4.74. The van der Waals surface area contributed by atoms with E-state index in [1.54, 1.807) is 0 Å². The normalized spacial score (nSPS) is 21.3. The van der Waals surface area contributed by atoms with Crippen LogP contribution in [0.15, 0.2) is 6.20 Å². The molecule has 2 fully saturated rings. The summed E-state index contributed by atoms with van der Waals surface area (Å²) in [5.41, 5.74) is 0. The van der Waals surface area contributed by atoms with Crippen molar-refractivity contribution < 1.29 is 0 Å². The molecule has 3 heterocycles. The molecule has 0 unspecified atom stereocenters. The van der Waals surface area contributed by atoms with Gasteiger partial charge in [0.25, 0.3) is 0 Å². The average molecular weight is 261 g/mol. The molecule has 1 aromatic heterocycles. The van der Waals surface area contributed by atoms with E-state index in [0.717, 1.165) is 37.9 Å². The molecular formula is C14H23N5. The number of aromatic nitrogens is 3. The number of rotatable bonds is 2. The van der Waals surface area contributed by atoms with Crippen molar-refractivity contribution in [1.29, 1.82) is 0 Å². The summed E-state index contributed by atoms with van der Waals surface area (Å²) >= 11 is 0. The van der Waals surface area contributed by atoms with Gasteiger partial charge in [0.15, 0.2) is 5.82 Å². The molecule has 2 aliphatic heterocycles. The minimum Gasteiger partial charge on any atom is -0.355 e. The van der Waals surface area contributed by atoms with E-state index in [4.69, 9.17) is 4.98 Å². The van der Waals surface area contributed by atoms with Crippen LogP contribution in [0.2, 0.25) is 0 Å². The highest BCUT2D eigenvalue weighted by Crippen LogP contribution is 2.20. The zero-order chi connectivity index (χ0) is 12.9. The summed E-state index contributed by atoms with van der Waals surface area (Å²) in [5, 5.41) is 8.39. The van der Waals surface area contributed by atoms with Crippen LogP contribution in [0.1, 0.15) is 44.9 Å². The van der Waals surface area contributed by atoms with Gasteiger partial charge in [-0.05, 0) is 32.1 Å².